The van der Waals surface area contributed by atoms with Crippen LogP contribution in [0.1, 0.15) is 329 Å². The van der Waals surface area contributed by atoms with Crippen LogP contribution >= 0.6 is 0 Å². The Morgan fingerprint density at radius 3 is 0.790 bits per heavy atom. The van der Waals surface area contributed by atoms with Gasteiger partial charge in [0.05, 0.1) is 0 Å². The van der Waals surface area contributed by atoms with Crippen molar-refractivity contribution in [3.8, 4) is 0 Å². The minimum Gasteiger partial charge on any atom is -0.462 e. The molecule has 0 radical (unpaired) electrons. The van der Waals surface area contributed by atoms with E-state index in [1.54, 1.807) is 0 Å². The molecule has 0 spiro atoms. The first-order valence-electron chi connectivity index (χ1n) is 34.4. The molecule has 0 N–H and O–H groups in total. The van der Waals surface area contributed by atoms with Gasteiger partial charge in [0, 0.05) is 19.3 Å². The Bertz CT molecular complexity index is 1620. The fourth-order valence-corrected chi connectivity index (χ4v) is 9.63. The van der Waals surface area contributed by atoms with Crippen LogP contribution in [0, 0.1) is 0 Å². The van der Waals surface area contributed by atoms with Crippen LogP contribution in [-0.2, 0) is 28.6 Å². The molecule has 0 saturated carbocycles. The summed E-state index contributed by atoms with van der Waals surface area (Å²) in [6.07, 6.45) is 93.9. The molecular formula is C75H128O6. The molecule has 0 aromatic rings. The minimum atomic E-state index is -0.801. The lowest BCUT2D eigenvalue weighted by Crippen LogP contribution is -2.30. The standard InChI is InChI=1S/C75H128O6/c1-4-7-10-13-16-19-22-25-28-30-32-34-36-37-38-39-40-42-43-45-47-50-53-56-59-62-65-68-74(77)80-71-72(70-79-73(76)67-64-61-58-55-52-49-27-24-21-18-15-12-9-6-3)81-75(78)69-66-63-60-57-54-51-48-46-44-41-35-33-31-29-26-23-20-17-14-11-8-5-2/h7,10,16,19,24-25,27-28,32,34,37-38,40,42,45,47,53,56,72H,4-6,8-9,11-15,17-18,20-23,26,29-31,33,35-36,39,41,43-44,46,48-52,54-55,57-71H2,1-3H3/b10-7-,19-16-,27-24-,28-25-,34-32-,38-37-,42-40-,47-45-,56-53-. The number of unbranched alkanes of at least 4 members (excludes halogenated alkanes) is 33. The molecule has 0 heterocycles. The molecule has 0 aromatic carbocycles. The lowest BCUT2D eigenvalue weighted by Gasteiger charge is -2.18. The molecule has 0 saturated heterocycles. The highest BCUT2D eigenvalue weighted by molar-refractivity contribution is 5.71. The molecule has 0 aromatic heterocycles. The van der Waals surface area contributed by atoms with Crippen LogP contribution < -0.4 is 0 Å². The second-order valence-corrected chi connectivity index (χ2v) is 22.7. The monoisotopic (exact) mass is 1120 g/mol. The summed E-state index contributed by atoms with van der Waals surface area (Å²) in [5.74, 6) is -0.934. The van der Waals surface area contributed by atoms with Crippen LogP contribution in [0.4, 0.5) is 0 Å². The van der Waals surface area contributed by atoms with Crippen molar-refractivity contribution in [3.63, 3.8) is 0 Å². The van der Waals surface area contributed by atoms with Gasteiger partial charge in [-0.1, -0.05) is 310 Å². The molecule has 0 amide bonds. The summed E-state index contributed by atoms with van der Waals surface area (Å²) in [6, 6.07) is 0. The molecule has 0 rings (SSSR count). The fraction of sp³-hybridized carbons (Fsp3) is 0.720. The maximum Gasteiger partial charge on any atom is 0.306 e. The van der Waals surface area contributed by atoms with Crippen LogP contribution in [0.3, 0.4) is 0 Å². The van der Waals surface area contributed by atoms with E-state index in [9.17, 15) is 14.4 Å². The molecule has 0 bridgehead atoms. The van der Waals surface area contributed by atoms with Crippen LogP contribution in [0.15, 0.2) is 109 Å². The van der Waals surface area contributed by atoms with Gasteiger partial charge in [0.2, 0.25) is 0 Å². The lowest BCUT2D eigenvalue weighted by atomic mass is 10.0. The van der Waals surface area contributed by atoms with Gasteiger partial charge < -0.3 is 14.2 Å². The van der Waals surface area contributed by atoms with Gasteiger partial charge in [0.15, 0.2) is 6.10 Å². The van der Waals surface area contributed by atoms with Gasteiger partial charge in [-0.3, -0.25) is 14.4 Å². The molecule has 1 atom stereocenters. The highest BCUT2D eigenvalue weighted by Gasteiger charge is 2.19. The van der Waals surface area contributed by atoms with Gasteiger partial charge in [-0.15, -0.1) is 0 Å². The van der Waals surface area contributed by atoms with Gasteiger partial charge in [0.25, 0.3) is 0 Å². The summed E-state index contributed by atoms with van der Waals surface area (Å²) in [6.45, 7) is 6.51. The Kier molecular flexibility index (Phi) is 65.2. The SMILES string of the molecule is CC/C=C\C/C=C\C/C=C\C/C=C\C/C=C\C/C=C\C/C=C\C/C=C\CCCCC(=O)OCC(COC(=O)CCCCCCC/C=C\CCCCCCC)OC(=O)CCCCCCCCCCCCCCCCCCCCCCCC. The number of ether oxygens (including phenoxy) is 3. The third-order valence-corrected chi connectivity index (χ3v) is 14.8. The Hall–Kier alpha value is -3.93. The van der Waals surface area contributed by atoms with Gasteiger partial charge in [-0.25, -0.2) is 0 Å². The van der Waals surface area contributed by atoms with E-state index in [0.29, 0.717) is 19.3 Å². The third-order valence-electron chi connectivity index (χ3n) is 14.8. The Balaban J connectivity index is 4.41. The predicted molar refractivity (Wildman–Crippen MR) is 353 cm³/mol. The highest BCUT2D eigenvalue weighted by Crippen LogP contribution is 2.17. The largest absolute Gasteiger partial charge is 0.462 e. The molecule has 1 unspecified atom stereocenters. The third kappa shape index (κ3) is 66.8. The van der Waals surface area contributed by atoms with Crippen molar-refractivity contribution in [1.82, 2.24) is 0 Å². The lowest BCUT2D eigenvalue weighted by molar-refractivity contribution is -0.167. The maximum absolute atomic E-state index is 12.9. The number of hydrogen-bond donors (Lipinski definition) is 0. The van der Waals surface area contributed by atoms with E-state index in [-0.39, 0.29) is 31.1 Å². The molecular weight excluding hydrogens is 997 g/mol. The molecule has 0 aliphatic rings. The zero-order chi connectivity index (χ0) is 58.5. The predicted octanol–water partition coefficient (Wildman–Crippen LogP) is 23.8. The molecule has 0 aliphatic carbocycles. The molecule has 6 heteroatoms. The topological polar surface area (TPSA) is 78.9 Å². The number of hydrogen-bond acceptors (Lipinski definition) is 6. The smallest absolute Gasteiger partial charge is 0.306 e. The zero-order valence-corrected chi connectivity index (χ0v) is 53.3. The van der Waals surface area contributed by atoms with E-state index in [0.717, 1.165) is 116 Å². The van der Waals surface area contributed by atoms with E-state index < -0.39 is 6.10 Å². The number of carbonyl (C=O) groups is 3. The average Bonchev–Trinajstić information content (AvgIpc) is 3.47. The second-order valence-electron chi connectivity index (χ2n) is 22.7. The second kappa shape index (κ2) is 68.6. The summed E-state index contributed by atoms with van der Waals surface area (Å²) in [5.41, 5.74) is 0. The van der Waals surface area contributed by atoms with E-state index in [1.807, 2.05) is 0 Å². The molecule has 464 valence electrons. The van der Waals surface area contributed by atoms with E-state index >= 15 is 0 Å². The molecule has 6 nitrogen and oxygen atoms in total. The number of carbonyl (C=O) groups excluding carboxylic acids is 3. The van der Waals surface area contributed by atoms with Crippen LogP contribution in [0.5, 0.6) is 0 Å². The molecule has 0 fully saturated rings. The summed E-state index contributed by atoms with van der Waals surface area (Å²) in [4.78, 5) is 38.4. The first-order chi connectivity index (χ1) is 40.0. The quantitative estimate of drug-likeness (QED) is 0.0261. The van der Waals surface area contributed by atoms with Crippen molar-refractivity contribution in [3.05, 3.63) is 109 Å². The van der Waals surface area contributed by atoms with E-state index in [1.165, 1.54) is 173 Å². The maximum atomic E-state index is 12.9. The first kappa shape index (κ1) is 77.1. The van der Waals surface area contributed by atoms with Crippen LogP contribution in [0.2, 0.25) is 0 Å². The summed E-state index contributed by atoms with van der Waals surface area (Å²) in [5, 5.41) is 0. The van der Waals surface area contributed by atoms with Gasteiger partial charge in [-0.2, -0.15) is 0 Å². The normalized spacial score (nSPS) is 12.8. The van der Waals surface area contributed by atoms with Crippen molar-refractivity contribution in [2.75, 3.05) is 13.2 Å². The van der Waals surface area contributed by atoms with Crippen molar-refractivity contribution in [1.29, 1.82) is 0 Å². The summed E-state index contributed by atoms with van der Waals surface area (Å²) < 4.78 is 16.9. The Morgan fingerprint density at radius 2 is 0.481 bits per heavy atom. The van der Waals surface area contributed by atoms with Gasteiger partial charge in [-0.05, 0) is 109 Å². The summed E-state index contributed by atoms with van der Waals surface area (Å²) in [7, 11) is 0. The zero-order valence-electron chi connectivity index (χ0n) is 53.3. The Labute approximate surface area is 501 Å². The van der Waals surface area contributed by atoms with Crippen LogP contribution in [-0.4, -0.2) is 37.2 Å². The van der Waals surface area contributed by atoms with Crippen molar-refractivity contribution >= 4 is 17.9 Å². The number of esters is 3. The first-order valence-corrected chi connectivity index (χ1v) is 34.4. The number of allylic oxidation sites excluding steroid dienone is 18. The summed E-state index contributed by atoms with van der Waals surface area (Å²) >= 11 is 0. The number of rotatable bonds is 62. The minimum absolute atomic E-state index is 0.0945. The molecule has 81 heavy (non-hydrogen) atoms. The molecule has 0 aliphatic heterocycles. The van der Waals surface area contributed by atoms with E-state index in [4.69, 9.17) is 14.2 Å². The van der Waals surface area contributed by atoms with Crippen molar-refractivity contribution in [2.45, 2.75) is 335 Å². The van der Waals surface area contributed by atoms with E-state index in [2.05, 4.69) is 130 Å². The average molecular weight is 1130 g/mol. The van der Waals surface area contributed by atoms with Crippen molar-refractivity contribution < 1.29 is 28.6 Å². The van der Waals surface area contributed by atoms with Crippen molar-refractivity contribution in [2.24, 2.45) is 0 Å². The fourth-order valence-electron chi connectivity index (χ4n) is 9.63. The Morgan fingerprint density at radius 1 is 0.259 bits per heavy atom. The van der Waals surface area contributed by atoms with Gasteiger partial charge >= 0.3 is 17.9 Å². The van der Waals surface area contributed by atoms with Crippen LogP contribution in [0.25, 0.3) is 0 Å². The van der Waals surface area contributed by atoms with Gasteiger partial charge in [0.1, 0.15) is 13.2 Å². The highest BCUT2D eigenvalue weighted by atomic mass is 16.6.